The van der Waals surface area contributed by atoms with Crippen molar-refractivity contribution in [2.24, 2.45) is 28.7 Å². The lowest BCUT2D eigenvalue weighted by atomic mass is 9.85. The first kappa shape index (κ1) is 23.5. The van der Waals surface area contributed by atoms with Gasteiger partial charge in [-0.3, -0.25) is 19.5 Å². The summed E-state index contributed by atoms with van der Waals surface area (Å²) in [5.41, 5.74) is 0. The van der Waals surface area contributed by atoms with E-state index in [1.54, 1.807) is 0 Å². The number of hydrogen-bond donors (Lipinski definition) is 2. The first-order valence-electron chi connectivity index (χ1n) is 11.5. The molecule has 2 saturated heterocycles. The van der Waals surface area contributed by atoms with Crippen LogP contribution >= 0.6 is 24.0 Å². The Morgan fingerprint density at radius 2 is 1.70 bits per heavy atom. The molecule has 4 aliphatic rings. The quantitative estimate of drug-likeness (QED) is 0.119. The zero-order valence-corrected chi connectivity index (χ0v) is 20.3. The summed E-state index contributed by atoms with van der Waals surface area (Å²) in [4.78, 5) is 34.1. The largest absolute Gasteiger partial charge is 0.357 e. The van der Waals surface area contributed by atoms with Crippen LogP contribution in [-0.4, -0.2) is 73.4 Å². The van der Waals surface area contributed by atoms with Crippen molar-refractivity contribution in [3.63, 3.8) is 0 Å². The Balaban J connectivity index is 0.00000256. The molecule has 2 bridgehead atoms. The molecule has 0 radical (unpaired) electrons. The molecule has 2 aliphatic heterocycles. The Labute approximate surface area is 197 Å². The van der Waals surface area contributed by atoms with E-state index in [0.717, 1.165) is 38.4 Å². The molecule has 2 amide bonds. The number of nitrogens with one attached hydrogen (secondary N) is 2. The number of likely N-dealkylation sites (tertiary alicyclic amines) is 2. The standard InChI is InChI=1S/C22H35N5O2.HI/c1-2-23-22(24-9-5-13-26-11-3-4-12-26)25-10-6-14-27-20(28)18-16-7-8-17(15-16)19(18)21(27)29;/h7-8,16-19H,2-6,9-15H2,1H3,(H2,23,24,25);1H. The highest BCUT2D eigenvalue weighted by atomic mass is 127. The number of imide groups is 1. The molecule has 1 saturated carbocycles. The molecule has 7 nitrogen and oxygen atoms in total. The topological polar surface area (TPSA) is 77.0 Å². The van der Waals surface area contributed by atoms with E-state index >= 15 is 0 Å². The first-order chi connectivity index (χ1) is 14.2. The highest BCUT2D eigenvalue weighted by Gasteiger charge is 2.58. The first-order valence-corrected chi connectivity index (χ1v) is 11.5. The average Bonchev–Trinajstić information content (AvgIpc) is 3.49. The van der Waals surface area contributed by atoms with Gasteiger partial charge in [0, 0.05) is 26.2 Å². The van der Waals surface area contributed by atoms with Crippen molar-refractivity contribution in [2.45, 2.75) is 39.0 Å². The van der Waals surface area contributed by atoms with Crippen LogP contribution in [0.3, 0.4) is 0 Å². The van der Waals surface area contributed by atoms with E-state index in [2.05, 4.69) is 39.6 Å². The van der Waals surface area contributed by atoms with Crippen molar-refractivity contribution in [1.29, 1.82) is 0 Å². The molecule has 168 valence electrons. The molecular weight excluding hydrogens is 493 g/mol. The van der Waals surface area contributed by atoms with E-state index in [4.69, 9.17) is 0 Å². The number of carbonyl (C=O) groups is 2. The molecule has 4 unspecified atom stereocenters. The third kappa shape index (κ3) is 5.00. The fourth-order valence-corrected chi connectivity index (χ4v) is 5.46. The second kappa shape index (κ2) is 10.9. The molecular formula is C22H36IN5O2. The van der Waals surface area contributed by atoms with Gasteiger partial charge in [-0.2, -0.15) is 0 Å². The predicted molar refractivity (Wildman–Crippen MR) is 129 cm³/mol. The number of fused-ring (bicyclic) bond motifs is 5. The van der Waals surface area contributed by atoms with Crippen molar-refractivity contribution in [1.82, 2.24) is 20.4 Å². The zero-order valence-electron chi connectivity index (χ0n) is 18.0. The molecule has 30 heavy (non-hydrogen) atoms. The molecule has 2 aliphatic carbocycles. The molecule has 0 aromatic rings. The van der Waals surface area contributed by atoms with Crippen molar-refractivity contribution < 1.29 is 9.59 Å². The minimum Gasteiger partial charge on any atom is -0.357 e. The van der Waals surface area contributed by atoms with Crippen LogP contribution in [0.2, 0.25) is 0 Å². The van der Waals surface area contributed by atoms with E-state index in [0.29, 0.717) is 19.5 Å². The molecule has 4 atom stereocenters. The van der Waals surface area contributed by atoms with Gasteiger partial charge in [-0.05, 0) is 70.5 Å². The minimum absolute atomic E-state index is 0. The highest BCUT2D eigenvalue weighted by molar-refractivity contribution is 14.0. The van der Waals surface area contributed by atoms with E-state index in [1.807, 2.05) is 0 Å². The number of nitrogens with zero attached hydrogens (tertiary/aromatic N) is 3. The second-order valence-corrected chi connectivity index (χ2v) is 8.77. The van der Waals surface area contributed by atoms with Crippen molar-refractivity contribution in [3.8, 4) is 0 Å². The number of guanidine groups is 1. The number of halogens is 1. The average molecular weight is 529 g/mol. The van der Waals surface area contributed by atoms with Gasteiger partial charge in [0.25, 0.3) is 0 Å². The van der Waals surface area contributed by atoms with Gasteiger partial charge in [0.1, 0.15) is 0 Å². The summed E-state index contributed by atoms with van der Waals surface area (Å²) < 4.78 is 0. The van der Waals surface area contributed by atoms with Crippen LogP contribution in [0.15, 0.2) is 17.1 Å². The molecule has 0 spiro atoms. The number of allylic oxidation sites excluding steroid dienone is 2. The summed E-state index contributed by atoms with van der Waals surface area (Å²) in [5, 5.41) is 6.68. The van der Waals surface area contributed by atoms with Crippen LogP contribution in [0.4, 0.5) is 0 Å². The van der Waals surface area contributed by atoms with Crippen LogP contribution < -0.4 is 10.6 Å². The molecule has 4 rings (SSSR count). The Kier molecular flexibility index (Phi) is 8.56. The molecule has 3 fully saturated rings. The van der Waals surface area contributed by atoms with Gasteiger partial charge in [0.05, 0.1) is 11.8 Å². The van der Waals surface area contributed by atoms with Crippen LogP contribution in [0.25, 0.3) is 0 Å². The van der Waals surface area contributed by atoms with Gasteiger partial charge in [-0.1, -0.05) is 12.2 Å². The van der Waals surface area contributed by atoms with Crippen molar-refractivity contribution >= 4 is 41.8 Å². The summed E-state index contributed by atoms with van der Waals surface area (Å²) in [6.07, 6.45) is 9.76. The van der Waals surface area contributed by atoms with Gasteiger partial charge in [-0.25, -0.2) is 0 Å². The number of hydrogen-bond acceptors (Lipinski definition) is 4. The minimum atomic E-state index is -0.0874. The van der Waals surface area contributed by atoms with E-state index < -0.39 is 0 Å². The van der Waals surface area contributed by atoms with Gasteiger partial charge in [-0.15, -0.1) is 24.0 Å². The van der Waals surface area contributed by atoms with E-state index in [1.165, 1.54) is 30.8 Å². The van der Waals surface area contributed by atoms with Gasteiger partial charge >= 0.3 is 0 Å². The smallest absolute Gasteiger partial charge is 0.233 e. The lowest BCUT2D eigenvalue weighted by molar-refractivity contribution is -0.140. The van der Waals surface area contributed by atoms with E-state index in [-0.39, 0.29) is 59.5 Å². The summed E-state index contributed by atoms with van der Waals surface area (Å²) >= 11 is 0. The second-order valence-electron chi connectivity index (χ2n) is 8.77. The third-order valence-corrected chi connectivity index (χ3v) is 6.86. The van der Waals surface area contributed by atoms with Crippen LogP contribution in [-0.2, 0) is 9.59 Å². The van der Waals surface area contributed by atoms with Crippen LogP contribution in [0.5, 0.6) is 0 Å². The SMILES string of the molecule is CCNC(=NCCCN1C(=O)C2C3C=CC(C3)C2C1=O)NCCCN1CCCC1.I. The maximum Gasteiger partial charge on any atom is 0.233 e. The zero-order chi connectivity index (χ0) is 20.2. The van der Waals surface area contributed by atoms with Crippen LogP contribution in [0.1, 0.15) is 39.0 Å². The van der Waals surface area contributed by atoms with Gasteiger partial charge in [0.2, 0.25) is 11.8 Å². The molecule has 2 N–H and O–H groups in total. The molecule has 0 aromatic heterocycles. The van der Waals surface area contributed by atoms with Crippen LogP contribution in [0, 0.1) is 23.7 Å². The Morgan fingerprint density at radius 1 is 1.03 bits per heavy atom. The predicted octanol–water partition coefficient (Wildman–Crippen LogP) is 1.84. The Bertz CT molecular complexity index is 646. The number of rotatable bonds is 9. The number of carbonyl (C=O) groups excluding carboxylic acids is 2. The molecule has 2 heterocycles. The maximum absolute atomic E-state index is 12.7. The fraction of sp³-hybridized carbons (Fsp3) is 0.773. The summed E-state index contributed by atoms with van der Waals surface area (Å²) in [7, 11) is 0. The summed E-state index contributed by atoms with van der Waals surface area (Å²) in [5.74, 6) is 1.32. The molecule has 8 heteroatoms. The van der Waals surface area contributed by atoms with Gasteiger partial charge < -0.3 is 15.5 Å². The Morgan fingerprint density at radius 3 is 2.33 bits per heavy atom. The number of amides is 2. The van der Waals surface area contributed by atoms with Crippen molar-refractivity contribution in [3.05, 3.63) is 12.2 Å². The normalized spacial score (nSPS) is 30.2. The fourth-order valence-electron chi connectivity index (χ4n) is 5.46. The summed E-state index contributed by atoms with van der Waals surface area (Å²) in [6.45, 7) is 8.50. The maximum atomic E-state index is 12.7. The van der Waals surface area contributed by atoms with Gasteiger partial charge in [0.15, 0.2) is 5.96 Å². The number of aliphatic imine (C=N–C) groups is 1. The highest BCUT2D eigenvalue weighted by Crippen LogP contribution is 2.52. The Hall–Kier alpha value is -1.16. The third-order valence-electron chi connectivity index (χ3n) is 6.86. The lowest BCUT2D eigenvalue weighted by Crippen LogP contribution is -2.39. The monoisotopic (exact) mass is 529 g/mol. The lowest BCUT2D eigenvalue weighted by Gasteiger charge is -2.17. The molecule has 0 aromatic carbocycles. The van der Waals surface area contributed by atoms with Crippen molar-refractivity contribution in [2.75, 3.05) is 45.8 Å². The summed E-state index contributed by atoms with van der Waals surface area (Å²) in [6, 6.07) is 0. The van der Waals surface area contributed by atoms with E-state index in [9.17, 15) is 9.59 Å².